The summed E-state index contributed by atoms with van der Waals surface area (Å²) in [6.45, 7) is 0.384. The van der Waals surface area contributed by atoms with Crippen LogP contribution in [0.4, 0.5) is 0 Å². The second-order valence-electron chi connectivity index (χ2n) is 4.85. The van der Waals surface area contributed by atoms with E-state index in [0.717, 1.165) is 11.1 Å². The lowest BCUT2D eigenvalue weighted by atomic mass is 10.2. The average molecular weight is 335 g/mol. The van der Waals surface area contributed by atoms with Gasteiger partial charge in [0.05, 0.1) is 6.54 Å². The van der Waals surface area contributed by atoms with E-state index < -0.39 is 0 Å². The van der Waals surface area contributed by atoms with Crippen LogP contribution in [0.2, 0.25) is 10.3 Å². The second kappa shape index (κ2) is 5.94. The zero-order valence-electron chi connectivity index (χ0n) is 11.7. The van der Waals surface area contributed by atoms with E-state index in [-0.39, 0.29) is 10.8 Å². The number of aromatic nitrogens is 4. The molecule has 0 N–H and O–H groups in total. The van der Waals surface area contributed by atoms with Crippen molar-refractivity contribution in [3.8, 4) is 11.4 Å². The van der Waals surface area contributed by atoms with Gasteiger partial charge in [0, 0.05) is 29.9 Å². The Morgan fingerprint density at radius 3 is 2.55 bits per heavy atom. The van der Waals surface area contributed by atoms with Crippen LogP contribution in [-0.2, 0) is 13.6 Å². The zero-order chi connectivity index (χ0) is 15.7. The molecule has 5 nitrogen and oxygen atoms in total. The van der Waals surface area contributed by atoms with Crippen LogP contribution >= 0.6 is 23.2 Å². The summed E-state index contributed by atoms with van der Waals surface area (Å²) in [5.74, 6) is 0.519. The molecule has 0 saturated carbocycles. The minimum Gasteiger partial charge on any atom is -0.319 e. The molecule has 22 heavy (non-hydrogen) atoms. The van der Waals surface area contributed by atoms with E-state index in [4.69, 9.17) is 23.2 Å². The molecular weight excluding hydrogens is 323 g/mol. The number of pyridine rings is 1. The molecule has 0 spiro atoms. The largest absolute Gasteiger partial charge is 0.319 e. The van der Waals surface area contributed by atoms with E-state index in [2.05, 4.69) is 10.1 Å². The molecule has 2 heterocycles. The van der Waals surface area contributed by atoms with Crippen LogP contribution < -0.4 is 5.56 Å². The van der Waals surface area contributed by atoms with Crippen LogP contribution in [0.15, 0.2) is 47.4 Å². The van der Waals surface area contributed by atoms with Crippen LogP contribution in [0.25, 0.3) is 11.4 Å². The summed E-state index contributed by atoms with van der Waals surface area (Å²) in [6.07, 6.45) is 1.71. The van der Waals surface area contributed by atoms with Crippen molar-refractivity contribution in [1.82, 2.24) is 19.3 Å². The maximum Gasteiger partial charge on any atom is 0.250 e. The summed E-state index contributed by atoms with van der Waals surface area (Å²) in [4.78, 5) is 15.9. The Morgan fingerprint density at radius 2 is 1.86 bits per heavy atom. The molecule has 2 aromatic heterocycles. The molecule has 0 aliphatic carbocycles. The summed E-state index contributed by atoms with van der Waals surface area (Å²) < 4.78 is 3.06. The van der Waals surface area contributed by atoms with E-state index in [1.54, 1.807) is 36.1 Å². The standard InChI is InChI=1S/C15H12Cl2N4O/c1-20-7-6-10(8-13(20)22)9-21-15(17)18-14(19-21)11-2-4-12(16)5-3-11/h2-8H,9H2,1H3. The Morgan fingerprint density at radius 1 is 1.14 bits per heavy atom. The molecule has 0 aliphatic rings. The quantitative estimate of drug-likeness (QED) is 0.739. The number of hydrogen-bond acceptors (Lipinski definition) is 3. The fraction of sp³-hybridized carbons (Fsp3) is 0.133. The number of hydrogen-bond donors (Lipinski definition) is 0. The Balaban J connectivity index is 1.90. The van der Waals surface area contributed by atoms with Crippen LogP contribution in [0.5, 0.6) is 0 Å². The fourth-order valence-electron chi connectivity index (χ4n) is 2.01. The molecule has 7 heteroatoms. The van der Waals surface area contributed by atoms with Gasteiger partial charge >= 0.3 is 0 Å². The summed E-state index contributed by atoms with van der Waals surface area (Å²) in [7, 11) is 1.70. The molecule has 3 rings (SSSR count). The van der Waals surface area contributed by atoms with Crippen molar-refractivity contribution in [3.05, 3.63) is 68.8 Å². The van der Waals surface area contributed by atoms with E-state index in [1.165, 1.54) is 4.57 Å². The maximum atomic E-state index is 11.6. The van der Waals surface area contributed by atoms with Crippen molar-refractivity contribution in [2.24, 2.45) is 7.05 Å². The molecule has 0 fully saturated rings. The van der Waals surface area contributed by atoms with Crippen molar-refractivity contribution in [1.29, 1.82) is 0 Å². The lowest BCUT2D eigenvalue weighted by molar-refractivity contribution is 0.683. The smallest absolute Gasteiger partial charge is 0.250 e. The molecule has 0 radical (unpaired) electrons. The molecule has 0 amide bonds. The highest BCUT2D eigenvalue weighted by molar-refractivity contribution is 6.30. The summed E-state index contributed by atoms with van der Waals surface area (Å²) in [5, 5.41) is 5.30. The van der Waals surface area contributed by atoms with Crippen molar-refractivity contribution >= 4 is 23.2 Å². The lowest BCUT2D eigenvalue weighted by Gasteiger charge is -2.03. The minimum absolute atomic E-state index is 0.0772. The highest BCUT2D eigenvalue weighted by Gasteiger charge is 2.10. The molecule has 3 aromatic rings. The van der Waals surface area contributed by atoms with E-state index in [0.29, 0.717) is 17.4 Å². The summed E-state index contributed by atoms with van der Waals surface area (Å²) in [5.41, 5.74) is 1.57. The van der Waals surface area contributed by atoms with Crippen molar-refractivity contribution in [2.75, 3.05) is 0 Å². The first-order chi connectivity index (χ1) is 10.5. The summed E-state index contributed by atoms with van der Waals surface area (Å²) in [6, 6.07) is 10.6. The molecule has 1 aromatic carbocycles. The van der Waals surface area contributed by atoms with E-state index in [9.17, 15) is 4.79 Å². The Kier molecular flexibility index (Phi) is 4.00. The average Bonchev–Trinajstić information content (AvgIpc) is 2.85. The van der Waals surface area contributed by atoms with Crippen LogP contribution in [0.3, 0.4) is 0 Å². The first-order valence-corrected chi connectivity index (χ1v) is 7.30. The Bertz CT molecular complexity index is 868. The number of halogens is 2. The monoisotopic (exact) mass is 334 g/mol. The van der Waals surface area contributed by atoms with Gasteiger partial charge in [-0.1, -0.05) is 11.6 Å². The van der Waals surface area contributed by atoms with E-state index >= 15 is 0 Å². The number of rotatable bonds is 3. The van der Waals surface area contributed by atoms with Gasteiger partial charge in [-0.05, 0) is 47.5 Å². The Hall–Kier alpha value is -2.11. The van der Waals surface area contributed by atoms with Gasteiger partial charge in [-0.25, -0.2) is 4.68 Å². The van der Waals surface area contributed by atoms with Crippen molar-refractivity contribution in [2.45, 2.75) is 6.54 Å². The molecule has 0 atom stereocenters. The van der Waals surface area contributed by atoms with Crippen LogP contribution in [-0.4, -0.2) is 19.3 Å². The minimum atomic E-state index is -0.0772. The first-order valence-electron chi connectivity index (χ1n) is 6.55. The SMILES string of the molecule is Cn1ccc(Cn2nc(-c3ccc(Cl)cc3)nc2Cl)cc1=O. The zero-order valence-corrected chi connectivity index (χ0v) is 13.2. The molecule has 0 aliphatic heterocycles. The van der Waals surface area contributed by atoms with Crippen LogP contribution in [0, 0.1) is 0 Å². The second-order valence-corrected chi connectivity index (χ2v) is 5.63. The Labute approximate surface area is 136 Å². The number of aryl methyl sites for hydroxylation is 1. The number of nitrogens with zero attached hydrogens (tertiary/aromatic N) is 4. The predicted molar refractivity (Wildman–Crippen MR) is 86.3 cm³/mol. The third-order valence-corrected chi connectivity index (χ3v) is 3.76. The molecule has 112 valence electrons. The third-order valence-electron chi connectivity index (χ3n) is 3.23. The predicted octanol–water partition coefficient (Wildman–Crippen LogP) is 3.00. The summed E-state index contributed by atoms with van der Waals surface area (Å²) >= 11 is 12.0. The highest BCUT2D eigenvalue weighted by Crippen LogP contribution is 2.20. The van der Waals surface area contributed by atoms with Crippen LogP contribution in [0.1, 0.15) is 5.56 Å². The van der Waals surface area contributed by atoms with Crippen molar-refractivity contribution < 1.29 is 0 Å². The number of benzene rings is 1. The normalized spacial score (nSPS) is 10.9. The van der Waals surface area contributed by atoms with Gasteiger partial charge in [0.15, 0.2) is 5.82 Å². The van der Waals surface area contributed by atoms with Gasteiger partial charge in [0.1, 0.15) is 0 Å². The van der Waals surface area contributed by atoms with Gasteiger partial charge in [0.25, 0.3) is 5.56 Å². The molecular formula is C15H12Cl2N4O. The van der Waals surface area contributed by atoms with Gasteiger partial charge < -0.3 is 4.57 Å². The van der Waals surface area contributed by atoms with Gasteiger partial charge in [0.2, 0.25) is 5.28 Å². The highest BCUT2D eigenvalue weighted by atomic mass is 35.5. The fourth-order valence-corrected chi connectivity index (χ4v) is 2.31. The molecule has 0 unspecified atom stereocenters. The topological polar surface area (TPSA) is 52.7 Å². The molecule has 0 saturated heterocycles. The van der Waals surface area contributed by atoms with E-state index in [1.807, 2.05) is 18.2 Å². The third kappa shape index (κ3) is 3.05. The first kappa shape index (κ1) is 14.8. The molecule has 0 bridgehead atoms. The van der Waals surface area contributed by atoms with Gasteiger partial charge in [-0.2, -0.15) is 4.98 Å². The van der Waals surface area contributed by atoms with Gasteiger partial charge in [-0.3, -0.25) is 4.79 Å². The lowest BCUT2D eigenvalue weighted by Crippen LogP contribution is -2.16. The maximum absolute atomic E-state index is 11.6. The van der Waals surface area contributed by atoms with Gasteiger partial charge in [-0.15, -0.1) is 5.10 Å². The van der Waals surface area contributed by atoms with Crippen molar-refractivity contribution in [3.63, 3.8) is 0 Å².